The Morgan fingerprint density at radius 3 is 2.74 bits per heavy atom. The molecule has 2 heterocycles. The first-order valence-electron chi connectivity index (χ1n) is 5.83. The van der Waals surface area contributed by atoms with Gasteiger partial charge in [0.2, 0.25) is 0 Å². The van der Waals surface area contributed by atoms with Crippen molar-refractivity contribution in [1.82, 2.24) is 15.2 Å². The number of benzene rings is 1. The summed E-state index contributed by atoms with van der Waals surface area (Å²) in [5.74, 6) is 0.533. The zero-order chi connectivity index (χ0) is 13.2. The summed E-state index contributed by atoms with van der Waals surface area (Å²) in [7, 11) is 1.65. The molecule has 0 fully saturated rings. The first-order valence-corrected chi connectivity index (χ1v) is 5.83. The summed E-state index contributed by atoms with van der Waals surface area (Å²) in [4.78, 5) is 4.57. The monoisotopic (exact) mass is 249 g/mol. The molecule has 0 saturated heterocycles. The van der Waals surface area contributed by atoms with Crippen LogP contribution in [0, 0.1) is 11.5 Å². The average Bonchev–Trinajstić information content (AvgIpc) is 2.90. The average molecular weight is 249 g/mol. The summed E-state index contributed by atoms with van der Waals surface area (Å²) in [6, 6.07) is 11.7. The quantitative estimate of drug-likeness (QED) is 0.559. The lowest BCUT2D eigenvalue weighted by Gasteiger charge is -2.06. The van der Waals surface area contributed by atoms with Crippen LogP contribution in [0.5, 0.6) is 0 Å². The van der Waals surface area contributed by atoms with Crippen molar-refractivity contribution in [3.8, 4) is 17.5 Å². The smallest absolute Gasteiger partial charge is 0.185 e. The van der Waals surface area contributed by atoms with Crippen molar-refractivity contribution in [1.29, 1.82) is 5.26 Å². The number of nitrogens with zero attached hydrogens (tertiary/aromatic N) is 4. The van der Waals surface area contributed by atoms with Gasteiger partial charge in [-0.2, -0.15) is 5.26 Å². The van der Waals surface area contributed by atoms with E-state index in [0.717, 1.165) is 22.2 Å². The molecule has 0 saturated carbocycles. The maximum Gasteiger partial charge on any atom is 0.185 e. The van der Waals surface area contributed by atoms with Crippen LogP contribution < -0.4 is 4.90 Å². The second-order valence-corrected chi connectivity index (χ2v) is 4.18. The van der Waals surface area contributed by atoms with E-state index >= 15 is 0 Å². The number of aromatic nitrogens is 3. The van der Waals surface area contributed by atoms with Crippen LogP contribution >= 0.6 is 0 Å². The lowest BCUT2D eigenvalue weighted by atomic mass is 10.1. The molecular weight excluding hydrogens is 238 g/mol. The van der Waals surface area contributed by atoms with Crippen molar-refractivity contribution >= 4 is 16.7 Å². The summed E-state index contributed by atoms with van der Waals surface area (Å²) in [6.45, 7) is 0. The topological polar surface area (TPSA) is 68.6 Å². The molecule has 0 atom stereocenters. The van der Waals surface area contributed by atoms with Gasteiger partial charge in [-0.15, -0.1) is 10.2 Å². The predicted molar refractivity (Wildman–Crippen MR) is 73.3 cm³/mol. The van der Waals surface area contributed by atoms with Gasteiger partial charge < -0.3 is 4.98 Å². The molecule has 0 unspecified atom stereocenters. The third-order valence-corrected chi connectivity index (χ3v) is 3.01. The molecule has 0 radical (unpaired) electrons. The Balaban J connectivity index is 2.05. The fraction of sp³-hybridized carbons (Fsp3) is 0.0714. The number of para-hydroxylation sites is 1. The molecule has 19 heavy (non-hydrogen) atoms. The Labute approximate surface area is 110 Å². The van der Waals surface area contributed by atoms with Gasteiger partial charge in [-0.3, -0.25) is 4.90 Å². The van der Waals surface area contributed by atoms with Gasteiger partial charge in [0, 0.05) is 29.7 Å². The van der Waals surface area contributed by atoms with Crippen LogP contribution in [-0.4, -0.2) is 22.2 Å². The number of nitriles is 1. The molecule has 3 rings (SSSR count). The molecule has 3 aromatic rings. The largest absolute Gasteiger partial charge is 0.360 e. The van der Waals surface area contributed by atoms with E-state index in [4.69, 9.17) is 5.26 Å². The van der Waals surface area contributed by atoms with Crippen molar-refractivity contribution in [2.24, 2.45) is 0 Å². The molecule has 1 N–H and O–H groups in total. The van der Waals surface area contributed by atoms with Crippen LogP contribution in [0.1, 0.15) is 0 Å². The Bertz CT molecular complexity index is 751. The number of nitrogens with one attached hydrogen (secondary N) is 1. The van der Waals surface area contributed by atoms with Crippen LogP contribution in [0.25, 0.3) is 22.2 Å². The van der Waals surface area contributed by atoms with E-state index in [-0.39, 0.29) is 0 Å². The van der Waals surface area contributed by atoms with Crippen LogP contribution in [0.3, 0.4) is 0 Å². The zero-order valence-electron chi connectivity index (χ0n) is 10.3. The van der Waals surface area contributed by atoms with Gasteiger partial charge in [0.05, 0.1) is 5.69 Å². The lowest BCUT2D eigenvalue weighted by Crippen LogP contribution is -2.10. The summed E-state index contributed by atoms with van der Waals surface area (Å²) >= 11 is 0. The summed E-state index contributed by atoms with van der Waals surface area (Å²) in [6.07, 6.45) is 3.91. The third-order valence-electron chi connectivity index (χ3n) is 3.01. The standard InChI is InChI=1S/C14H11N5/c1-19(9-15)14-7-6-13(17-18-14)11-8-16-12-5-3-2-4-10(11)12/h2-8,16H,1H3. The molecule has 5 nitrogen and oxygen atoms in total. The number of hydrogen-bond donors (Lipinski definition) is 1. The normalized spacial score (nSPS) is 10.3. The van der Waals surface area contributed by atoms with Gasteiger partial charge in [-0.25, -0.2) is 0 Å². The summed E-state index contributed by atoms with van der Waals surface area (Å²) < 4.78 is 0. The second kappa shape index (κ2) is 4.42. The number of rotatable bonds is 2. The molecule has 0 spiro atoms. The highest BCUT2D eigenvalue weighted by molar-refractivity contribution is 5.94. The molecule has 92 valence electrons. The Kier molecular flexibility index (Phi) is 2.62. The fourth-order valence-electron chi connectivity index (χ4n) is 1.98. The van der Waals surface area contributed by atoms with E-state index in [0.29, 0.717) is 5.82 Å². The highest BCUT2D eigenvalue weighted by Gasteiger charge is 2.08. The summed E-state index contributed by atoms with van der Waals surface area (Å²) in [5.41, 5.74) is 2.86. The van der Waals surface area contributed by atoms with Crippen molar-refractivity contribution in [3.63, 3.8) is 0 Å². The van der Waals surface area contributed by atoms with E-state index in [1.807, 2.05) is 42.7 Å². The van der Waals surface area contributed by atoms with Crippen molar-refractivity contribution < 1.29 is 0 Å². The fourth-order valence-corrected chi connectivity index (χ4v) is 1.98. The predicted octanol–water partition coefficient (Wildman–Crippen LogP) is 2.54. The Hall–Kier alpha value is -2.87. The SMILES string of the molecule is CN(C#N)c1ccc(-c2c[nH]c3ccccc23)nn1. The first-order chi connectivity index (χ1) is 9.29. The van der Waals surface area contributed by atoms with E-state index < -0.39 is 0 Å². The number of hydrogen-bond acceptors (Lipinski definition) is 4. The van der Waals surface area contributed by atoms with Crippen LogP contribution in [-0.2, 0) is 0 Å². The first kappa shape index (κ1) is 11.2. The molecule has 2 aromatic heterocycles. The van der Waals surface area contributed by atoms with E-state index in [9.17, 15) is 0 Å². The molecule has 0 amide bonds. The van der Waals surface area contributed by atoms with Gasteiger partial charge in [0.15, 0.2) is 12.0 Å². The van der Waals surface area contributed by atoms with Crippen LogP contribution in [0.2, 0.25) is 0 Å². The molecular formula is C14H11N5. The van der Waals surface area contributed by atoms with Crippen molar-refractivity contribution in [2.45, 2.75) is 0 Å². The number of fused-ring (bicyclic) bond motifs is 1. The Morgan fingerprint density at radius 1 is 1.16 bits per heavy atom. The van der Waals surface area contributed by atoms with Gasteiger partial charge in [-0.1, -0.05) is 18.2 Å². The van der Waals surface area contributed by atoms with Gasteiger partial charge in [0.25, 0.3) is 0 Å². The highest BCUT2D eigenvalue weighted by Crippen LogP contribution is 2.26. The molecule has 5 heteroatoms. The number of aromatic amines is 1. The van der Waals surface area contributed by atoms with Crippen LogP contribution in [0.15, 0.2) is 42.6 Å². The van der Waals surface area contributed by atoms with Crippen LogP contribution in [0.4, 0.5) is 5.82 Å². The maximum atomic E-state index is 8.79. The minimum atomic E-state index is 0.533. The minimum absolute atomic E-state index is 0.533. The molecule has 0 aliphatic heterocycles. The molecule has 0 bridgehead atoms. The molecule has 0 aliphatic carbocycles. The number of H-pyrrole nitrogens is 1. The highest BCUT2D eigenvalue weighted by atomic mass is 15.2. The molecule has 1 aromatic carbocycles. The zero-order valence-corrected chi connectivity index (χ0v) is 10.3. The van der Waals surface area contributed by atoms with Gasteiger partial charge in [0.1, 0.15) is 0 Å². The van der Waals surface area contributed by atoms with Gasteiger partial charge in [-0.05, 0) is 18.2 Å². The lowest BCUT2D eigenvalue weighted by molar-refractivity contribution is 0.995. The Morgan fingerprint density at radius 2 is 2.00 bits per heavy atom. The van der Waals surface area contributed by atoms with Crippen molar-refractivity contribution in [2.75, 3.05) is 11.9 Å². The maximum absolute atomic E-state index is 8.79. The summed E-state index contributed by atoms with van der Waals surface area (Å²) in [5, 5.41) is 18.1. The minimum Gasteiger partial charge on any atom is -0.360 e. The third kappa shape index (κ3) is 1.89. The number of anilines is 1. The second-order valence-electron chi connectivity index (χ2n) is 4.18. The van der Waals surface area contributed by atoms with Gasteiger partial charge >= 0.3 is 0 Å². The van der Waals surface area contributed by atoms with E-state index in [2.05, 4.69) is 15.2 Å². The molecule has 0 aliphatic rings. The van der Waals surface area contributed by atoms with Crippen molar-refractivity contribution in [3.05, 3.63) is 42.6 Å². The van der Waals surface area contributed by atoms with E-state index in [1.54, 1.807) is 13.1 Å². The van der Waals surface area contributed by atoms with E-state index in [1.165, 1.54) is 4.90 Å².